The van der Waals surface area contributed by atoms with Gasteiger partial charge in [-0.05, 0) is 18.2 Å². The van der Waals surface area contributed by atoms with Crippen LogP contribution in [0.15, 0.2) is 35.1 Å². The average molecular weight is 361 g/mol. The molecule has 2 aromatic carbocycles. The van der Waals surface area contributed by atoms with E-state index in [4.69, 9.17) is 9.47 Å². The molecule has 0 fully saturated rings. The van der Waals surface area contributed by atoms with E-state index < -0.39 is 11.6 Å². The van der Waals surface area contributed by atoms with Crippen molar-refractivity contribution in [1.82, 2.24) is 9.97 Å². The van der Waals surface area contributed by atoms with Gasteiger partial charge in [0.1, 0.15) is 23.1 Å². The SMILES string of the molecule is COc1cc2nc(CN(C)c3c(F)cccc3F)[nH]c(=O)c2cc1OC. The lowest BCUT2D eigenvalue weighted by atomic mass is 10.2. The molecule has 1 heterocycles. The van der Waals surface area contributed by atoms with Crippen LogP contribution in [0, 0.1) is 11.6 Å². The fourth-order valence-corrected chi connectivity index (χ4v) is 2.75. The summed E-state index contributed by atoms with van der Waals surface area (Å²) in [4.78, 5) is 20.7. The third kappa shape index (κ3) is 3.17. The molecule has 0 bridgehead atoms. The molecule has 0 aliphatic carbocycles. The smallest absolute Gasteiger partial charge is 0.258 e. The van der Waals surface area contributed by atoms with Gasteiger partial charge in [0.15, 0.2) is 11.5 Å². The zero-order valence-electron chi connectivity index (χ0n) is 14.5. The van der Waals surface area contributed by atoms with Crippen molar-refractivity contribution in [1.29, 1.82) is 0 Å². The monoisotopic (exact) mass is 361 g/mol. The molecular weight excluding hydrogens is 344 g/mol. The van der Waals surface area contributed by atoms with Gasteiger partial charge in [-0.3, -0.25) is 4.79 Å². The van der Waals surface area contributed by atoms with Crippen LogP contribution in [0.5, 0.6) is 11.5 Å². The summed E-state index contributed by atoms with van der Waals surface area (Å²) in [6.45, 7) is 0.0113. The maximum absolute atomic E-state index is 13.9. The van der Waals surface area contributed by atoms with Gasteiger partial charge < -0.3 is 19.4 Å². The van der Waals surface area contributed by atoms with Gasteiger partial charge in [0, 0.05) is 13.1 Å². The molecule has 0 radical (unpaired) electrons. The molecular formula is C18H17F2N3O3. The number of methoxy groups -OCH3 is 2. The van der Waals surface area contributed by atoms with Crippen molar-refractivity contribution in [3.8, 4) is 11.5 Å². The molecule has 8 heteroatoms. The quantitative estimate of drug-likeness (QED) is 0.757. The second-order valence-electron chi connectivity index (χ2n) is 5.66. The summed E-state index contributed by atoms with van der Waals surface area (Å²) in [5.41, 5.74) is -0.181. The number of ether oxygens (including phenoxy) is 2. The third-order valence-corrected chi connectivity index (χ3v) is 3.97. The van der Waals surface area contributed by atoms with Gasteiger partial charge in [0.05, 0.1) is 31.7 Å². The van der Waals surface area contributed by atoms with Gasteiger partial charge in [-0.15, -0.1) is 0 Å². The van der Waals surface area contributed by atoms with E-state index in [0.29, 0.717) is 22.4 Å². The summed E-state index contributed by atoms with van der Waals surface area (Å²) in [5, 5.41) is 0.325. The fraction of sp³-hybridized carbons (Fsp3) is 0.222. The Labute approximate surface area is 148 Å². The lowest BCUT2D eigenvalue weighted by Gasteiger charge is -2.20. The van der Waals surface area contributed by atoms with Crippen LogP contribution in [-0.2, 0) is 6.54 Å². The maximum atomic E-state index is 13.9. The number of aromatic amines is 1. The van der Waals surface area contributed by atoms with Crippen LogP contribution in [-0.4, -0.2) is 31.2 Å². The van der Waals surface area contributed by atoms with Crippen LogP contribution in [0.3, 0.4) is 0 Å². The van der Waals surface area contributed by atoms with Gasteiger partial charge in [0.25, 0.3) is 5.56 Å². The van der Waals surface area contributed by atoms with Crippen molar-refractivity contribution in [3.05, 3.63) is 58.1 Å². The van der Waals surface area contributed by atoms with E-state index in [1.165, 1.54) is 50.4 Å². The van der Waals surface area contributed by atoms with Gasteiger partial charge >= 0.3 is 0 Å². The molecule has 0 saturated heterocycles. The van der Waals surface area contributed by atoms with E-state index in [0.717, 1.165) is 0 Å². The van der Waals surface area contributed by atoms with E-state index in [1.54, 1.807) is 6.07 Å². The summed E-state index contributed by atoms with van der Waals surface area (Å²) in [5.74, 6) is -0.285. The zero-order valence-corrected chi connectivity index (χ0v) is 14.5. The number of nitrogens with zero attached hydrogens (tertiary/aromatic N) is 2. The molecule has 3 aromatic rings. The summed E-state index contributed by atoms with van der Waals surface area (Å²) in [6.07, 6.45) is 0. The molecule has 6 nitrogen and oxygen atoms in total. The van der Waals surface area contributed by atoms with Gasteiger partial charge in [0.2, 0.25) is 0 Å². The largest absolute Gasteiger partial charge is 0.493 e. The van der Waals surface area contributed by atoms with E-state index in [-0.39, 0.29) is 23.6 Å². The predicted octanol–water partition coefficient (Wildman–Crippen LogP) is 2.85. The Balaban J connectivity index is 2.02. The van der Waals surface area contributed by atoms with Crippen LogP contribution in [0.25, 0.3) is 10.9 Å². The molecule has 0 unspecified atom stereocenters. The Morgan fingerprint density at radius 3 is 2.35 bits per heavy atom. The first-order valence-corrected chi connectivity index (χ1v) is 7.74. The number of nitrogens with one attached hydrogen (secondary N) is 1. The first kappa shape index (κ1) is 17.7. The van der Waals surface area contributed by atoms with Crippen molar-refractivity contribution in [2.75, 3.05) is 26.2 Å². The van der Waals surface area contributed by atoms with Crippen molar-refractivity contribution < 1.29 is 18.3 Å². The Hall–Kier alpha value is -3.16. The topological polar surface area (TPSA) is 67.5 Å². The van der Waals surface area contributed by atoms with Crippen molar-refractivity contribution >= 4 is 16.6 Å². The number of para-hydroxylation sites is 1. The number of aromatic nitrogens is 2. The lowest BCUT2D eigenvalue weighted by Crippen LogP contribution is -2.23. The van der Waals surface area contributed by atoms with Crippen LogP contribution in [0.1, 0.15) is 5.82 Å². The van der Waals surface area contributed by atoms with Crippen LogP contribution in [0.4, 0.5) is 14.5 Å². The summed E-state index contributed by atoms with van der Waals surface area (Å²) in [7, 11) is 4.46. The molecule has 0 saturated carbocycles. The highest BCUT2D eigenvalue weighted by Gasteiger charge is 2.16. The number of fused-ring (bicyclic) bond motifs is 1. The first-order valence-electron chi connectivity index (χ1n) is 7.74. The highest BCUT2D eigenvalue weighted by molar-refractivity contribution is 5.81. The Morgan fingerprint density at radius 2 is 1.73 bits per heavy atom. The van der Waals surface area contributed by atoms with Gasteiger partial charge in [-0.1, -0.05) is 6.07 Å². The number of rotatable bonds is 5. The molecule has 0 aliphatic rings. The van der Waals surface area contributed by atoms with Crippen LogP contribution >= 0.6 is 0 Å². The third-order valence-electron chi connectivity index (χ3n) is 3.97. The minimum absolute atomic E-state index is 0.0113. The highest BCUT2D eigenvalue weighted by atomic mass is 19.1. The molecule has 0 amide bonds. The van der Waals surface area contributed by atoms with E-state index >= 15 is 0 Å². The number of anilines is 1. The Morgan fingerprint density at radius 1 is 1.12 bits per heavy atom. The number of hydrogen-bond donors (Lipinski definition) is 1. The molecule has 0 atom stereocenters. The predicted molar refractivity (Wildman–Crippen MR) is 93.9 cm³/mol. The maximum Gasteiger partial charge on any atom is 0.258 e. The first-order chi connectivity index (χ1) is 12.4. The standard InChI is InChI=1S/C18H17F2N3O3/c1-23(17-11(19)5-4-6-12(17)20)9-16-21-13-8-15(26-3)14(25-2)7-10(13)18(24)22-16/h4-8H,9H2,1-3H3,(H,21,22,24). The molecule has 3 rings (SSSR count). The highest BCUT2D eigenvalue weighted by Crippen LogP contribution is 2.30. The van der Waals surface area contributed by atoms with E-state index in [9.17, 15) is 13.6 Å². The number of H-pyrrole nitrogens is 1. The fourth-order valence-electron chi connectivity index (χ4n) is 2.75. The minimum Gasteiger partial charge on any atom is -0.493 e. The zero-order chi connectivity index (χ0) is 18.8. The Kier molecular flexibility index (Phi) is 4.75. The van der Waals surface area contributed by atoms with Crippen molar-refractivity contribution in [2.45, 2.75) is 6.54 Å². The minimum atomic E-state index is -0.693. The van der Waals surface area contributed by atoms with Gasteiger partial charge in [-0.2, -0.15) is 0 Å². The molecule has 0 spiro atoms. The Bertz CT molecular complexity index is 1000. The van der Waals surface area contributed by atoms with Crippen LogP contribution < -0.4 is 19.9 Å². The lowest BCUT2D eigenvalue weighted by molar-refractivity contribution is 0.355. The molecule has 136 valence electrons. The van der Waals surface area contributed by atoms with Crippen LogP contribution in [0.2, 0.25) is 0 Å². The van der Waals surface area contributed by atoms with Crippen molar-refractivity contribution in [2.24, 2.45) is 0 Å². The molecule has 0 aliphatic heterocycles. The molecule has 1 N–H and O–H groups in total. The van der Waals surface area contributed by atoms with E-state index in [1.807, 2.05) is 0 Å². The van der Waals surface area contributed by atoms with Gasteiger partial charge in [-0.25, -0.2) is 13.8 Å². The summed E-state index contributed by atoms with van der Waals surface area (Å²) < 4.78 is 38.2. The number of benzene rings is 2. The molecule has 26 heavy (non-hydrogen) atoms. The summed E-state index contributed by atoms with van der Waals surface area (Å²) in [6, 6.07) is 6.74. The number of hydrogen-bond acceptors (Lipinski definition) is 5. The normalized spacial score (nSPS) is 10.8. The molecule has 1 aromatic heterocycles. The second kappa shape index (κ2) is 6.99. The number of halogens is 2. The summed E-state index contributed by atoms with van der Waals surface area (Å²) >= 11 is 0. The van der Waals surface area contributed by atoms with Crippen molar-refractivity contribution in [3.63, 3.8) is 0 Å². The van der Waals surface area contributed by atoms with E-state index in [2.05, 4.69) is 9.97 Å². The average Bonchev–Trinajstić information content (AvgIpc) is 2.60. The second-order valence-corrected chi connectivity index (χ2v) is 5.66.